The highest BCUT2D eigenvalue weighted by Crippen LogP contribution is 2.12. The van der Waals surface area contributed by atoms with Crippen LogP contribution < -0.4 is 4.74 Å². The Labute approximate surface area is 84.1 Å². The van der Waals surface area contributed by atoms with Gasteiger partial charge >= 0.3 is 0 Å². The van der Waals surface area contributed by atoms with E-state index >= 15 is 0 Å². The number of carbonyl (C=O) groups is 1. The molecule has 0 atom stereocenters. The molecule has 0 N–H and O–H groups in total. The van der Waals surface area contributed by atoms with E-state index in [-0.39, 0.29) is 5.78 Å². The zero-order chi connectivity index (χ0) is 10.4. The molecule has 0 aliphatic heterocycles. The van der Waals surface area contributed by atoms with E-state index in [1.54, 1.807) is 18.5 Å². The summed E-state index contributed by atoms with van der Waals surface area (Å²) >= 11 is 0. The smallest absolute Gasteiger partial charge is 0.164 e. The minimum atomic E-state index is 0.0967. The molecule has 0 aliphatic carbocycles. The van der Waals surface area contributed by atoms with E-state index in [0.717, 1.165) is 6.42 Å². The highest BCUT2D eigenvalue weighted by molar-refractivity contribution is 5.95. The van der Waals surface area contributed by atoms with E-state index in [1.165, 1.54) is 0 Å². The Hall–Kier alpha value is -1.38. The Kier molecular flexibility index (Phi) is 4.11. The highest BCUT2D eigenvalue weighted by Gasteiger charge is 2.04. The molecule has 1 rings (SSSR count). The Morgan fingerprint density at radius 1 is 1.43 bits per heavy atom. The van der Waals surface area contributed by atoms with Crippen LogP contribution in [0.1, 0.15) is 37.0 Å². The third kappa shape index (κ3) is 2.83. The predicted octanol–water partition coefficient (Wildman–Crippen LogP) is 2.46. The van der Waals surface area contributed by atoms with Gasteiger partial charge in [0.1, 0.15) is 5.75 Å². The van der Waals surface area contributed by atoms with Crippen LogP contribution in [-0.4, -0.2) is 17.4 Å². The summed E-state index contributed by atoms with van der Waals surface area (Å²) in [6.07, 6.45) is 4.65. The predicted molar refractivity (Wildman–Crippen MR) is 54.6 cm³/mol. The summed E-state index contributed by atoms with van der Waals surface area (Å²) in [6, 6.07) is 1.74. The van der Waals surface area contributed by atoms with E-state index in [9.17, 15) is 4.79 Å². The quantitative estimate of drug-likeness (QED) is 0.674. The van der Waals surface area contributed by atoms with Gasteiger partial charge in [-0.3, -0.25) is 9.78 Å². The van der Waals surface area contributed by atoms with E-state index < -0.39 is 0 Å². The van der Waals surface area contributed by atoms with Crippen molar-refractivity contribution >= 4 is 5.78 Å². The van der Waals surface area contributed by atoms with Gasteiger partial charge in [0.15, 0.2) is 5.78 Å². The maximum Gasteiger partial charge on any atom is 0.164 e. The average Bonchev–Trinajstić information content (AvgIpc) is 2.25. The number of aromatic nitrogens is 1. The first-order valence-corrected chi connectivity index (χ1v) is 4.89. The van der Waals surface area contributed by atoms with E-state index in [2.05, 4.69) is 4.98 Å². The maximum atomic E-state index is 11.3. The van der Waals surface area contributed by atoms with E-state index in [1.807, 2.05) is 13.8 Å². The molecular formula is C11H15NO2. The molecule has 1 aromatic rings. The lowest BCUT2D eigenvalue weighted by atomic mass is 10.1. The van der Waals surface area contributed by atoms with Crippen molar-refractivity contribution in [2.45, 2.75) is 26.7 Å². The fourth-order valence-electron chi connectivity index (χ4n) is 1.07. The van der Waals surface area contributed by atoms with E-state index in [4.69, 9.17) is 4.74 Å². The first-order valence-electron chi connectivity index (χ1n) is 4.89. The van der Waals surface area contributed by atoms with Gasteiger partial charge in [0.2, 0.25) is 0 Å². The van der Waals surface area contributed by atoms with Crippen molar-refractivity contribution < 1.29 is 9.53 Å². The van der Waals surface area contributed by atoms with Crippen LogP contribution in [0.4, 0.5) is 0 Å². The van der Waals surface area contributed by atoms with Crippen LogP contribution >= 0.6 is 0 Å². The zero-order valence-corrected chi connectivity index (χ0v) is 8.62. The number of rotatable bonds is 5. The average molecular weight is 193 g/mol. The number of ketones is 1. The summed E-state index contributed by atoms with van der Waals surface area (Å²) < 4.78 is 5.38. The SMILES string of the molecule is CCCOc1cncc(C(=O)CC)c1. The van der Waals surface area contributed by atoms with Gasteiger partial charge in [0, 0.05) is 18.2 Å². The highest BCUT2D eigenvalue weighted by atomic mass is 16.5. The van der Waals surface area contributed by atoms with Crippen LogP contribution in [0.5, 0.6) is 5.75 Å². The molecular weight excluding hydrogens is 178 g/mol. The second kappa shape index (κ2) is 5.37. The van der Waals surface area contributed by atoms with Crippen LogP contribution in [0.15, 0.2) is 18.5 Å². The van der Waals surface area contributed by atoms with Crippen LogP contribution in [0.2, 0.25) is 0 Å². The summed E-state index contributed by atoms with van der Waals surface area (Å²) in [5.74, 6) is 0.769. The van der Waals surface area contributed by atoms with Crippen LogP contribution in [0.25, 0.3) is 0 Å². The van der Waals surface area contributed by atoms with Crippen molar-refractivity contribution in [3.05, 3.63) is 24.0 Å². The summed E-state index contributed by atoms with van der Waals surface area (Å²) in [7, 11) is 0. The third-order valence-corrected chi connectivity index (χ3v) is 1.83. The molecule has 3 nitrogen and oxygen atoms in total. The second-order valence-electron chi connectivity index (χ2n) is 3.03. The van der Waals surface area contributed by atoms with Gasteiger partial charge in [-0.05, 0) is 12.5 Å². The molecule has 3 heteroatoms. The summed E-state index contributed by atoms with van der Waals surface area (Å²) in [6.45, 7) is 4.53. The monoisotopic (exact) mass is 193 g/mol. The molecule has 14 heavy (non-hydrogen) atoms. The zero-order valence-electron chi connectivity index (χ0n) is 8.62. The lowest BCUT2D eigenvalue weighted by Gasteiger charge is -2.04. The standard InChI is InChI=1S/C11H15NO2/c1-3-5-14-10-6-9(7-12-8-10)11(13)4-2/h6-8H,3-5H2,1-2H3. The number of carbonyl (C=O) groups excluding carboxylic acids is 1. The molecule has 0 fully saturated rings. The van der Waals surface area contributed by atoms with Gasteiger partial charge in [-0.15, -0.1) is 0 Å². The molecule has 0 spiro atoms. The molecule has 0 unspecified atom stereocenters. The van der Waals surface area contributed by atoms with Gasteiger partial charge in [-0.2, -0.15) is 0 Å². The number of ether oxygens (including phenoxy) is 1. The molecule has 0 aromatic carbocycles. The normalized spacial score (nSPS) is 9.86. The number of pyridine rings is 1. The molecule has 0 aliphatic rings. The van der Waals surface area contributed by atoms with Crippen molar-refractivity contribution in [1.82, 2.24) is 4.98 Å². The van der Waals surface area contributed by atoms with Crippen LogP contribution in [-0.2, 0) is 0 Å². The maximum absolute atomic E-state index is 11.3. The summed E-state index contributed by atoms with van der Waals surface area (Å²) in [5.41, 5.74) is 0.626. The number of hydrogen-bond acceptors (Lipinski definition) is 3. The number of hydrogen-bond donors (Lipinski definition) is 0. The van der Waals surface area contributed by atoms with Crippen LogP contribution in [0, 0.1) is 0 Å². The molecule has 1 aromatic heterocycles. The first-order chi connectivity index (χ1) is 6.77. The Bertz CT molecular complexity index is 310. The minimum Gasteiger partial charge on any atom is -0.492 e. The fourth-order valence-corrected chi connectivity index (χ4v) is 1.07. The molecule has 0 bridgehead atoms. The Morgan fingerprint density at radius 3 is 2.86 bits per heavy atom. The molecule has 0 saturated heterocycles. The van der Waals surface area contributed by atoms with Gasteiger partial charge < -0.3 is 4.74 Å². The van der Waals surface area contributed by atoms with E-state index in [0.29, 0.717) is 24.3 Å². The van der Waals surface area contributed by atoms with Crippen molar-refractivity contribution in [1.29, 1.82) is 0 Å². The largest absolute Gasteiger partial charge is 0.492 e. The lowest BCUT2D eigenvalue weighted by Crippen LogP contribution is -2.00. The first kappa shape index (κ1) is 10.7. The topological polar surface area (TPSA) is 39.2 Å². The molecule has 0 saturated carbocycles. The van der Waals surface area contributed by atoms with Crippen molar-refractivity contribution in [2.75, 3.05) is 6.61 Å². The molecule has 76 valence electrons. The molecule has 0 amide bonds. The number of nitrogens with zero attached hydrogens (tertiary/aromatic N) is 1. The molecule has 0 radical (unpaired) electrons. The fraction of sp³-hybridized carbons (Fsp3) is 0.455. The minimum absolute atomic E-state index is 0.0967. The van der Waals surface area contributed by atoms with Gasteiger partial charge in [0.25, 0.3) is 0 Å². The Morgan fingerprint density at radius 2 is 2.21 bits per heavy atom. The third-order valence-electron chi connectivity index (χ3n) is 1.83. The van der Waals surface area contributed by atoms with Crippen molar-refractivity contribution in [2.24, 2.45) is 0 Å². The van der Waals surface area contributed by atoms with Gasteiger partial charge in [-0.1, -0.05) is 13.8 Å². The van der Waals surface area contributed by atoms with Crippen molar-refractivity contribution in [3.8, 4) is 5.75 Å². The second-order valence-corrected chi connectivity index (χ2v) is 3.03. The number of Topliss-reactive ketones (excluding diaryl/α,β-unsaturated/α-hetero) is 1. The lowest BCUT2D eigenvalue weighted by molar-refractivity contribution is 0.0987. The van der Waals surface area contributed by atoms with Gasteiger partial charge in [-0.25, -0.2) is 0 Å². The van der Waals surface area contributed by atoms with Crippen molar-refractivity contribution in [3.63, 3.8) is 0 Å². The Balaban J connectivity index is 2.73. The van der Waals surface area contributed by atoms with Gasteiger partial charge in [0.05, 0.1) is 12.8 Å². The summed E-state index contributed by atoms with van der Waals surface area (Å²) in [4.78, 5) is 15.3. The van der Waals surface area contributed by atoms with Crippen LogP contribution in [0.3, 0.4) is 0 Å². The molecule has 1 heterocycles. The summed E-state index contributed by atoms with van der Waals surface area (Å²) in [5, 5.41) is 0.